The summed E-state index contributed by atoms with van der Waals surface area (Å²) in [4.78, 5) is 19.5. The van der Waals surface area contributed by atoms with Crippen molar-refractivity contribution in [2.45, 2.75) is 58.9 Å². The van der Waals surface area contributed by atoms with Gasteiger partial charge in [-0.3, -0.25) is 9.69 Å². The van der Waals surface area contributed by atoms with Crippen LogP contribution < -0.4 is 4.74 Å². The van der Waals surface area contributed by atoms with Crippen LogP contribution in [0.15, 0.2) is 30.5 Å². The molecule has 2 fully saturated rings. The van der Waals surface area contributed by atoms with Crippen molar-refractivity contribution in [3.63, 3.8) is 0 Å². The van der Waals surface area contributed by atoms with Gasteiger partial charge in [-0.2, -0.15) is 8.78 Å². The number of likely N-dealkylation sites (tertiary alicyclic amines) is 1. The van der Waals surface area contributed by atoms with Crippen LogP contribution in [0.5, 0.6) is 5.75 Å². The van der Waals surface area contributed by atoms with E-state index in [1.807, 2.05) is 0 Å². The van der Waals surface area contributed by atoms with Crippen LogP contribution in [0.3, 0.4) is 0 Å². The Hall–Kier alpha value is -2.17. The second kappa shape index (κ2) is 10.3. The predicted molar refractivity (Wildman–Crippen MR) is 131 cm³/mol. The number of nitrogens with zero attached hydrogens (tertiary/aromatic N) is 2. The molecule has 0 amide bonds. The Balaban J connectivity index is 1.58. The van der Waals surface area contributed by atoms with Crippen molar-refractivity contribution in [1.82, 2.24) is 9.88 Å². The van der Waals surface area contributed by atoms with E-state index in [1.165, 1.54) is 17.4 Å². The molecular weight excluding hydrogens is 493 g/mol. The molecule has 0 unspecified atom stereocenters. The van der Waals surface area contributed by atoms with Crippen LogP contribution in [-0.4, -0.2) is 59.5 Å². The molecule has 0 spiro atoms. The topological polar surface area (TPSA) is 71.9 Å². The van der Waals surface area contributed by atoms with Gasteiger partial charge in [0.15, 0.2) is 5.67 Å². The third kappa shape index (κ3) is 6.39. The summed E-state index contributed by atoms with van der Waals surface area (Å²) < 4.78 is 50.8. The number of alkyl halides is 3. The van der Waals surface area contributed by atoms with Gasteiger partial charge in [0.25, 0.3) is 0 Å². The summed E-state index contributed by atoms with van der Waals surface area (Å²) in [6.45, 7) is 5.20. The largest absolute Gasteiger partial charge is 0.481 e. The Bertz CT molecular complexity index is 1070. The molecule has 3 heterocycles. The van der Waals surface area contributed by atoms with E-state index in [2.05, 4.69) is 35.4 Å². The summed E-state index contributed by atoms with van der Waals surface area (Å²) in [5, 5.41) is 10.3. The number of carboxylic acid groups (broad SMARTS) is 1. The van der Waals surface area contributed by atoms with Crippen molar-refractivity contribution in [2.75, 3.05) is 26.3 Å². The highest BCUT2D eigenvalue weighted by Gasteiger charge is 2.52. The van der Waals surface area contributed by atoms with Crippen LogP contribution in [0.1, 0.15) is 44.9 Å². The SMILES string of the molecule is CC(C)(C)[C@H]1CN(Cc2cnc(-c3ccccc3OC(F)F)s2)C[C@@](CC(=O)O)(CC2(F)COC2)C1. The summed E-state index contributed by atoms with van der Waals surface area (Å²) >= 11 is 1.38. The third-order valence-corrected chi connectivity index (χ3v) is 8.16. The molecule has 0 radical (unpaired) electrons. The van der Waals surface area contributed by atoms with Gasteiger partial charge in [0, 0.05) is 30.7 Å². The Morgan fingerprint density at radius 2 is 2.06 bits per heavy atom. The van der Waals surface area contributed by atoms with Crippen LogP contribution >= 0.6 is 11.3 Å². The predicted octanol–water partition coefficient (Wildman–Crippen LogP) is 5.87. The van der Waals surface area contributed by atoms with Crippen molar-refractivity contribution >= 4 is 17.3 Å². The molecule has 1 aromatic heterocycles. The number of carboxylic acids is 1. The van der Waals surface area contributed by atoms with Crippen LogP contribution in [0.25, 0.3) is 10.6 Å². The van der Waals surface area contributed by atoms with Crippen LogP contribution in [-0.2, 0) is 16.1 Å². The Morgan fingerprint density at radius 3 is 2.67 bits per heavy atom. The summed E-state index contributed by atoms with van der Waals surface area (Å²) in [5.41, 5.74) is -1.81. The summed E-state index contributed by atoms with van der Waals surface area (Å²) in [5.74, 6) is -0.692. The number of ether oxygens (including phenoxy) is 2. The van der Waals surface area contributed by atoms with E-state index in [-0.39, 0.29) is 43.1 Å². The fraction of sp³-hybridized carbons (Fsp3) is 0.615. The van der Waals surface area contributed by atoms with Crippen LogP contribution in [0.4, 0.5) is 13.2 Å². The summed E-state index contributed by atoms with van der Waals surface area (Å²) in [6.07, 6.45) is 2.40. The molecule has 2 aliphatic heterocycles. The Morgan fingerprint density at radius 1 is 1.33 bits per heavy atom. The fourth-order valence-corrected chi connectivity index (χ4v) is 6.49. The molecule has 0 saturated carbocycles. The van der Waals surface area contributed by atoms with Gasteiger partial charge in [-0.05, 0) is 41.7 Å². The van der Waals surface area contributed by atoms with Crippen LogP contribution in [0, 0.1) is 16.7 Å². The van der Waals surface area contributed by atoms with Gasteiger partial charge in [-0.15, -0.1) is 11.3 Å². The number of carbonyl (C=O) groups is 1. The number of thiazole rings is 1. The van der Waals surface area contributed by atoms with Gasteiger partial charge in [-0.1, -0.05) is 32.9 Å². The number of aliphatic carboxylic acids is 1. The molecule has 2 aromatic rings. The molecule has 4 rings (SSSR count). The lowest BCUT2D eigenvalue weighted by Crippen LogP contribution is -2.56. The highest BCUT2D eigenvalue weighted by Crippen LogP contribution is 2.49. The van der Waals surface area contributed by atoms with Crippen molar-refractivity contribution in [3.8, 4) is 16.3 Å². The van der Waals surface area contributed by atoms with E-state index in [0.29, 0.717) is 30.1 Å². The maximum absolute atomic E-state index is 15.3. The molecule has 2 atom stereocenters. The standard InChI is InChI=1S/C26H33F3N2O4S/c1-24(2,3)17-8-25(9-21(32)33,13-26(29)15-34-16-26)14-31(11-17)12-18-10-30-22(36-18)19-6-4-5-7-20(19)35-23(27)28/h4-7,10,17,23H,8-9,11-16H2,1-3H3,(H,32,33)/t17-,25+/m1/s1. The second-order valence-electron chi connectivity index (χ2n) is 11.3. The highest BCUT2D eigenvalue weighted by atomic mass is 32.1. The summed E-state index contributed by atoms with van der Waals surface area (Å²) in [7, 11) is 0. The van der Waals surface area contributed by atoms with Gasteiger partial charge in [0.2, 0.25) is 0 Å². The number of hydrogen-bond acceptors (Lipinski definition) is 6. The zero-order valence-corrected chi connectivity index (χ0v) is 21.6. The molecular formula is C26H33F3N2O4S. The quantitative estimate of drug-likeness (QED) is 0.441. The minimum atomic E-state index is -2.93. The molecule has 198 valence electrons. The first-order chi connectivity index (χ1) is 16.9. The highest BCUT2D eigenvalue weighted by molar-refractivity contribution is 7.15. The van der Waals surface area contributed by atoms with Crippen molar-refractivity contribution in [2.24, 2.45) is 16.7 Å². The van der Waals surface area contributed by atoms with Gasteiger partial charge < -0.3 is 14.6 Å². The average molecular weight is 527 g/mol. The molecule has 2 aliphatic rings. The van der Waals surface area contributed by atoms with Crippen molar-refractivity contribution in [1.29, 1.82) is 0 Å². The monoisotopic (exact) mass is 526 g/mol. The van der Waals surface area contributed by atoms with E-state index < -0.39 is 23.7 Å². The first-order valence-corrected chi connectivity index (χ1v) is 12.9. The normalized spacial score (nSPS) is 24.5. The van der Waals surface area contributed by atoms with E-state index in [4.69, 9.17) is 4.74 Å². The zero-order valence-electron chi connectivity index (χ0n) is 20.8. The molecule has 1 aromatic carbocycles. The number of halogens is 3. The van der Waals surface area contributed by atoms with Crippen LogP contribution in [0.2, 0.25) is 0 Å². The number of benzene rings is 1. The number of rotatable bonds is 9. The molecule has 2 saturated heterocycles. The van der Waals surface area contributed by atoms with E-state index >= 15 is 4.39 Å². The van der Waals surface area contributed by atoms with E-state index in [9.17, 15) is 18.7 Å². The summed E-state index contributed by atoms with van der Waals surface area (Å²) in [6, 6.07) is 6.54. The lowest BCUT2D eigenvalue weighted by atomic mass is 9.62. The van der Waals surface area contributed by atoms with Gasteiger partial charge in [-0.25, -0.2) is 9.37 Å². The molecule has 0 aliphatic carbocycles. The third-order valence-electron chi connectivity index (χ3n) is 7.15. The lowest BCUT2D eigenvalue weighted by Gasteiger charge is -2.52. The average Bonchev–Trinajstić information content (AvgIpc) is 3.19. The number of para-hydroxylation sites is 1. The molecule has 6 nitrogen and oxygen atoms in total. The number of hydrogen-bond donors (Lipinski definition) is 1. The first-order valence-electron chi connectivity index (χ1n) is 12.1. The van der Waals surface area contributed by atoms with E-state index in [1.54, 1.807) is 24.4 Å². The smallest absolute Gasteiger partial charge is 0.387 e. The maximum Gasteiger partial charge on any atom is 0.387 e. The number of aromatic nitrogens is 1. The van der Waals surface area contributed by atoms with Gasteiger partial charge in [0.1, 0.15) is 10.8 Å². The Kier molecular flexibility index (Phi) is 7.69. The van der Waals surface area contributed by atoms with Gasteiger partial charge in [0.05, 0.1) is 25.2 Å². The first kappa shape index (κ1) is 26.9. The molecule has 10 heteroatoms. The minimum Gasteiger partial charge on any atom is -0.481 e. The zero-order chi connectivity index (χ0) is 26.1. The van der Waals surface area contributed by atoms with Crippen molar-refractivity contribution < 1.29 is 32.5 Å². The number of piperidine rings is 1. The molecule has 36 heavy (non-hydrogen) atoms. The lowest BCUT2D eigenvalue weighted by molar-refractivity contribution is -0.167. The van der Waals surface area contributed by atoms with Gasteiger partial charge >= 0.3 is 12.6 Å². The minimum absolute atomic E-state index is 0.00680. The molecule has 0 bridgehead atoms. The van der Waals surface area contributed by atoms with E-state index in [0.717, 1.165) is 11.4 Å². The second-order valence-corrected chi connectivity index (χ2v) is 12.4. The Labute approximate surface area is 213 Å². The fourth-order valence-electron chi connectivity index (χ4n) is 5.51. The maximum atomic E-state index is 15.3. The van der Waals surface area contributed by atoms with Crippen molar-refractivity contribution in [3.05, 3.63) is 35.3 Å². The molecule has 1 N–H and O–H groups in total.